The van der Waals surface area contributed by atoms with Gasteiger partial charge in [-0.2, -0.15) is 0 Å². The maximum atomic E-state index is 10.2. The van der Waals surface area contributed by atoms with Crippen molar-refractivity contribution in [3.63, 3.8) is 0 Å². The molecule has 0 aromatic heterocycles. The molecular formula is C24H24O4Si2. The molecule has 6 heteroatoms. The average Bonchev–Trinajstić information content (AvgIpc) is 2.82. The Kier molecular flexibility index (Phi) is 7.12. The lowest BCUT2D eigenvalue weighted by Gasteiger charge is -2.18. The zero-order chi connectivity index (χ0) is 21.5. The highest BCUT2D eigenvalue weighted by molar-refractivity contribution is 6.90. The fraction of sp³-hybridized carbons (Fsp3) is 0. The van der Waals surface area contributed by atoms with Crippen LogP contribution in [0.1, 0.15) is 0 Å². The van der Waals surface area contributed by atoms with E-state index in [-0.39, 0.29) is 0 Å². The second-order valence-corrected chi connectivity index (χ2v) is 11.8. The summed E-state index contributed by atoms with van der Waals surface area (Å²) in [6, 6.07) is 35.9. The summed E-state index contributed by atoms with van der Waals surface area (Å²) in [5.74, 6) is 0. The summed E-state index contributed by atoms with van der Waals surface area (Å²) in [5, 5.41) is 2.43. The van der Waals surface area contributed by atoms with Crippen molar-refractivity contribution in [2.24, 2.45) is 0 Å². The van der Waals surface area contributed by atoms with E-state index in [0.29, 0.717) is 20.7 Å². The van der Waals surface area contributed by atoms with Crippen molar-refractivity contribution in [1.29, 1.82) is 0 Å². The van der Waals surface area contributed by atoms with E-state index in [2.05, 4.69) is 0 Å². The molecule has 0 radical (unpaired) electrons. The molecule has 4 N–H and O–H groups in total. The first kappa shape index (κ1) is 21.9. The minimum absolute atomic E-state index is 0.608. The van der Waals surface area contributed by atoms with E-state index in [0.717, 1.165) is 0 Å². The zero-order valence-electron chi connectivity index (χ0n) is 16.3. The fourth-order valence-electron chi connectivity index (χ4n) is 3.02. The highest BCUT2D eigenvalue weighted by atomic mass is 28.4. The summed E-state index contributed by atoms with van der Waals surface area (Å²) in [6.45, 7) is 0. The standard InChI is InChI=1S/2C12H12O2Si/c2*13-15(14,11-7-3-1-4-8-11)12-9-5-2-6-10-12/h2*1-10,13-14H. The fourth-order valence-corrected chi connectivity index (χ4v) is 6.31. The van der Waals surface area contributed by atoms with Gasteiger partial charge < -0.3 is 19.2 Å². The lowest BCUT2D eigenvalue weighted by atomic mass is 10.4. The molecule has 0 saturated heterocycles. The van der Waals surface area contributed by atoms with Gasteiger partial charge in [-0.25, -0.2) is 0 Å². The zero-order valence-corrected chi connectivity index (χ0v) is 18.3. The molecule has 152 valence electrons. The van der Waals surface area contributed by atoms with Gasteiger partial charge >= 0.3 is 17.1 Å². The third kappa shape index (κ3) is 5.19. The van der Waals surface area contributed by atoms with Crippen molar-refractivity contribution in [3.8, 4) is 0 Å². The molecule has 0 aliphatic heterocycles. The molecule has 0 heterocycles. The van der Waals surface area contributed by atoms with Crippen molar-refractivity contribution in [2.75, 3.05) is 0 Å². The van der Waals surface area contributed by atoms with Gasteiger partial charge in [0.25, 0.3) is 0 Å². The van der Waals surface area contributed by atoms with E-state index in [1.165, 1.54) is 0 Å². The molecule has 0 aliphatic rings. The summed E-state index contributed by atoms with van der Waals surface area (Å²) in [5.41, 5.74) is 0. The van der Waals surface area contributed by atoms with Crippen molar-refractivity contribution in [2.45, 2.75) is 0 Å². The molecule has 4 rings (SSSR count). The molecule has 0 aliphatic carbocycles. The Morgan fingerprint density at radius 2 is 0.467 bits per heavy atom. The van der Waals surface area contributed by atoms with Gasteiger partial charge in [-0.05, 0) is 20.7 Å². The maximum Gasteiger partial charge on any atom is 0.401 e. The summed E-state index contributed by atoms with van der Waals surface area (Å²) < 4.78 is 0. The van der Waals surface area contributed by atoms with Crippen LogP contribution in [0.3, 0.4) is 0 Å². The summed E-state index contributed by atoms with van der Waals surface area (Å²) in [6.07, 6.45) is 0. The van der Waals surface area contributed by atoms with Gasteiger partial charge in [-0.15, -0.1) is 0 Å². The van der Waals surface area contributed by atoms with Gasteiger partial charge in [0.2, 0.25) is 0 Å². The minimum Gasteiger partial charge on any atom is -0.404 e. The Hall–Kier alpha value is -2.85. The van der Waals surface area contributed by atoms with Crippen LogP contribution in [-0.4, -0.2) is 36.3 Å². The molecule has 0 bridgehead atoms. The number of rotatable bonds is 4. The predicted molar refractivity (Wildman–Crippen MR) is 125 cm³/mol. The van der Waals surface area contributed by atoms with Crippen LogP contribution in [0.4, 0.5) is 0 Å². The smallest absolute Gasteiger partial charge is 0.401 e. The van der Waals surface area contributed by atoms with Crippen LogP contribution in [0, 0.1) is 0 Å². The van der Waals surface area contributed by atoms with Crippen LogP contribution < -0.4 is 20.7 Å². The lowest BCUT2D eigenvalue weighted by molar-refractivity contribution is 0.400. The molecule has 0 saturated carbocycles. The van der Waals surface area contributed by atoms with Crippen molar-refractivity contribution in [3.05, 3.63) is 121 Å². The molecule has 0 amide bonds. The first-order chi connectivity index (χ1) is 14.4. The van der Waals surface area contributed by atoms with Crippen LogP contribution in [0.5, 0.6) is 0 Å². The third-order valence-electron chi connectivity index (χ3n) is 4.71. The van der Waals surface area contributed by atoms with Gasteiger partial charge in [0.1, 0.15) is 0 Å². The number of hydrogen-bond acceptors (Lipinski definition) is 4. The van der Waals surface area contributed by atoms with Gasteiger partial charge in [-0.3, -0.25) is 0 Å². The van der Waals surface area contributed by atoms with Crippen molar-refractivity contribution >= 4 is 37.9 Å². The summed E-state index contributed by atoms with van der Waals surface area (Å²) >= 11 is 0. The van der Waals surface area contributed by atoms with Gasteiger partial charge in [0.15, 0.2) is 0 Å². The Labute approximate surface area is 178 Å². The topological polar surface area (TPSA) is 80.9 Å². The quantitative estimate of drug-likeness (QED) is 0.353. The Morgan fingerprint density at radius 3 is 0.633 bits per heavy atom. The number of benzene rings is 4. The van der Waals surface area contributed by atoms with Crippen molar-refractivity contribution < 1.29 is 19.2 Å². The predicted octanol–water partition coefficient (Wildman–Crippen LogP) is 0.455. The molecule has 0 unspecified atom stereocenters. The molecule has 0 fully saturated rings. The van der Waals surface area contributed by atoms with E-state index >= 15 is 0 Å². The Balaban J connectivity index is 0.000000171. The molecule has 4 aromatic carbocycles. The molecule has 0 atom stereocenters. The average molecular weight is 433 g/mol. The van der Waals surface area contributed by atoms with Gasteiger partial charge in [-0.1, -0.05) is 121 Å². The van der Waals surface area contributed by atoms with Crippen LogP contribution >= 0.6 is 0 Å². The van der Waals surface area contributed by atoms with Crippen LogP contribution in [0.25, 0.3) is 0 Å². The molecule has 4 nitrogen and oxygen atoms in total. The van der Waals surface area contributed by atoms with Gasteiger partial charge in [0.05, 0.1) is 0 Å². The van der Waals surface area contributed by atoms with Crippen LogP contribution in [0.2, 0.25) is 0 Å². The molecular weight excluding hydrogens is 408 g/mol. The maximum absolute atomic E-state index is 10.2. The Morgan fingerprint density at radius 1 is 0.300 bits per heavy atom. The molecule has 0 spiro atoms. The SMILES string of the molecule is O[Si](O)(c1ccccc1)c1ccccc1.O[Si](O)(c1ccccc1)c1ccccc1. The third-order valence-corrected chi connectivity index (χ3v) is 9.26. The lowest BCUT2D eigenvalue weighted by Crippen LogP contribution is -2.59. The number of hydrogen-bond donors (Lipinski definition) is 4. The largest absolute Gasteiger partial charge is 0.404 e. The molecule has 30 heavy (non-hydrogen) atoms. The van der Waals surface area contributed by atoms with E-state index in [1.54, 1.807) is 48.5 Å². The first-order valence-corrected chi connectivity index (χ1v) is 13.3. The van der Waals surface area contributed by atoms with Crippen LogP contribution in [-0.2, 0) is 0 Å². The van der Waals surface area contributed by atoms with E-state index in [1.807, 2.05) is 72.8 Å². The van der Waals surface area contributed by atoms with E-state index in [9.17, 15) is 19.2 Å². The summed E-state index contributed by atoms with van der Waals surface area (Å²) in [7, 11) is -6.91. The second kappa shape index (κ2) is 9.77. The van der Waals surface area contributed by atoms with E-state index < -0.39 is 17.1 Å². The Bertz CT molecular complexity index is 856. The van der Waals surface area contributed by atoms with Crippen molar-refractivity contribution in [1.82, 2.24) is 0 Å². The van der Waals surface area contributed by atoms with Crippen LogP contribution in [0.15, 0.2) is 121 Å². The minimum atomic E-state index is -3.46. The summed E-state index contributed by atoms with van der Waals surface area (Å²) in [4.78, 5) is 40.6. The molecule has 4 aromatic rings. The first-order valence-electron chi connectivity index (χ1n) is 9.54. The highest BCUT2D eigenvalue weighted by Crippen LogP contribution is 1.99. The highest BCUT2D eigenvalue weighted by Gasteiger charge is 2.34. The second-order valence-electron chi connectivity index (χ2n) is 6.81. The van der Waals surface area contributed by atoms with Gasteiger partial charge in [0, 0.05) is 0 Å². The monoisotopic (exact) mass is 432 g/mol. The normalized spacial score (nSPS) is 11.3. The van der Waals surface area contributed by atoms with E-state index in [4.69, 9.17) is 0 Å².